The Bertz CT molecular complexity index is 351. The van der Waals surface area contributed by atoms with Crippen LogP contribution in [0.5, 0.6) is 0 Å². The van der Waals surface area contributed by atoms with Crippen molar-refractivity contribution in [2.45, 2.75) is 24.4 Å². The molecule has 80 valence electrons. The zero-order valence-corrected chi connectivity index (χ0v) is 8.82. The van der Waals surface area contributed by atoms with Crippen molar-refractivity contribution >= 4 is 0 Å². The van der Waals surface area contributed by atoms with E-state index in [0.717, 1.165) is 25.9 Å². The van der Waals surface area contributed by atoms with E-state index in [2.05, 4.69) is 35.6 Å². The molecule has 2 N–H and O–H groups in total. The molecule has 1 heterocycles. The maximum Gasteiger partial charge on any atom is 0.0552 e. The molecule has 3 atom stereocenters. The Balaban J connectivity index is 2.02. The van der Waals surface area contributed by atoms with Crippen molar-refractivity contribution in [1.82, 2.24) is 5.32 Å². The molecule has 1 aromatic rings. The highest BCUT2D eigenvalue weighted by atomic mass is 16.3. The van der Waals surface area contributed by atoms with Crippen LogP contribution in [0.15, 0.2) is 30.3 Å². The van der Waals surface area contributed by atoms with Gasteiger partial charge in [-0.15, -0.1) is 0 Å². The van der Waals surface area contributed by atoms with Gasteiger partial charge in [0.25, 0.3) is 0 Å². The number of hydrogen-bond acceptors (Lipinski definition) is 2. The van der Waals surface area contributed by atoms with Crippen LogP contribution >= 0.6 is 0 Å². The third kappa shape index (κ3) is 1.32. The first kappa shape index (κ1) is 9.37. The number of aliphatic hydroxyl groups excluding tert-OH is 1. The Hall–Kier alpha value is -0.860. The largest absolute Gasteiger partial charge is 0.393 e. The van der Waals surface area contributed by atoms with Gasteiger partial charge in [-0.3, -0.25) is 0 Å². The summed E-state index contributed by atoms with van der Waals surface area (Å²) in [6, 6.07) is 10.7. The van der Waals surface area contributed by atoms with E-state index in [0.29, 0.717) is 5.92 Å². The monoisotopic (exact) mass is 203 g/mol. The third-order valence-electron chi connectivity index (χ3n) is 4.12. The molecule has 2 aliphatic rings. The van der Waals surface area contributed by atoms with Gasteiger partial charge < -0.3 is 10.4 Å². The predicted molar refractivity (Wildman–Crippen MR) is 59.7 cm³/mol. The molecule has 1 aliphatic heterocycles. The normalized spacial score (nSPS) is 39.3. The molecule has 1 saturated heterocycles. The summed E-state index contributed by atoms with van der Waals surface area (Å²) in [5.74, 6) is 0.620. The van der Waals surface area contributed by atoms with E-state index in [4.69, 9.17) is 0 Å². The number of rotatable bonds is 1. The van der Waals surface area contributed by atoms with Gasteiger partial charge in [0.1, 0.15) is 0 Å². The second-order valence-electron chi connectivity index (χ2n) is 4.94. The average Bonchev–Trinajstić information content (AvgIpc) is 2.75. The standard InChI is InChI=1S/C13H17NO/c15-12-6-11-8-14-9-13(11,7-12)10-4-2-1-3-5-10/h1-5,11-12,14-15H,6-9H2/t11-,12-,13+/m1/s1. The van der Waals surface area contributed by atoms with Gasteiger partial charge in [0.15, 0.2) is 0 Å². The van der Waals surface area contributed by atoms with Gasteiger partial charge in [-0.05, 0) is 30.9 Å². The molecule has 1 saturated carbocycles. The van der Waals surface area contributed by atoms with E-state index in [1.807, 2.05) is 0 Å². The van der Waals surface area contributed by atoms with Gasteiger partial charge in [0.2, 0.25) is 0 Å². The summed E-state index contributed by atoms with van der Waals surface area (Å²) in [6.07, 6.45) is 1.79. The van der Waals surface area contributed by atoms with Crippen molar-refractivity contribution in [3.8, 4) is 0 Å². The van der Waals surface area contributed by atoms with E-state index in [9.17, 15) is 5.11 Å². The molecule has 1 aromatic carbocycles. The first-order valence-corrected chi connectivity index (χ1v) is 5.75. The minimum atomic E-state index is -0.0997. The Morgan fingerprint density at radius 2 is 2.07 bits per heavy atom. The summed E-state index contributed by atoms with van der Waals surface area (Å²) in [6.45, 7) is 2.09. The molecule has 0 spiro atoms. The van der Waals surface area contributed by atoms with Gasteiger partial charge in [0, 0.05) is 12.0 Å². The van der Waals surface area contributed by atoms with E-state index < -0.39 is 0 Å². The zero-order valence-electron chi connectivity index (χ0n) is 8.82. The minimum Gasteiger partial charge on any atom is -0.393 e. The Kier molecular flexibility index (Phi) is 2.08. The SMILES string of the molecule is O[C@@H]1C[C@@H]2CNC[C@]2(c2ccccc2)C1. The van der Waals surface area contributed by atoms with E-state index in [-0.39, 0.29) is 11.5 Å². The number of aliphatic hydroxyl groups is 1. The smallest absolute Gasteiger partial charge is 0.0552 e. The van der Waals surface area contributed by atoms with Crippen molar-refractivity contribution < 1.29 is 5.11 Å². The number of hydrogen-bond donors (Lipinski definition) is 2. The lowest BCUT2D eigenvalue weighted by atomic mass is 9.75. The Morgan fingerprint density at radius 1 is 1.27 bits per heavy atom. The van der Waals surface area contributed by atoms with Crippen LogP contribution in [-0.4, -0.2) is 24.3 Å². The fraction of sp³-hybridized carbons (Fsp3) is 0.538. The highest BCUT2D eigenvalue weighted by molar-refractivity contribution is 5.31. The summed E-state index contributed by atoms with van der Waals surface area (Å²) in [5, 5.41) is 13.3. The second-order valence-corrected chi connectivity index (χ2v) is 4.94. The highest BCUT2D eigenvalue weighted by Gasteiger charge is 2.50. The van der Waals surface area contributed by atoms with Gasteiger partial charge in [0.05, 0.1) is 6.10 Å². The van der Waals surface area contributed by atoms with Gasteiger partial charge in [-0.25, -0.2) is 0 Å². The van der Waals surface area contributed by atoms with E-state index >= 15 is 0 Å². The highest BCUT2D eigenvalue weighted by Crippen LogP contribution is 2.47. The zero-order chi connectivity index (χ0) is 10.3. The van der Waals surface area contributed by atoms with E-state index in [1.54, 1.807) is 0 Å². The van der Waals surface area contributed by atoms with Crippen LogP contribution in [0.1, 0.15) is 18.4 Å². The van der Waals surface area contributed by atoms with Crippen molar-refractivity contribution in [2.24, 2.45) is 5.92 Å². The van der Waals surface area contributed by atoms with E-state index in [1.165, 1.54) is 5.56 Å². The van der Waals surface area contributed by atoms with Crippen LogP contribution in [0.25, 0.3) is 0 Å². The lowest BCUT2D eigenvalue weighted by molar-refractivity contribution is 0.170. The summed E-state index contributed by atoms with van der Waals surface area (Å²) >= 11 is 0. The summed E-state index contributed by atoms with van der Waals surface area (Å²) in [4.78, 5) is 0. The quantitative estimate of drug-likeness (QED) is 0.721. The molecule has 2 fully saturated rings. The fourth-order valence-electron chi connectivity index (χ4n) is 3.41. The molecular formula is C13H17NO. The molecule has 0 radical (unpaired) electrons. The molecule has 0 aromatic heterocycles. The van der Waals surface area contributed by atoms with Crippen molar-refractivity contribution in [1.29, 1.82) is 0 Å². The van der Waals surface area contributed by atoms with Gasteiger partial charge in [-0.1, -0.05) is 30.3 Å². The van der Waals surface area contributed by atoms with Crippen LogP contribution in [-0.2, 0) is 5.41 Å². The van der Waals surface area contributed by atoms with Gasteiger partial charge in [-0.2, -0.15) is 0 Å². The summed E-state index contributed by atoms with van der Waals surface area (Å²) in [7, 11) is 0. The third-order valence-corrected chi connectivity index (χ3v) is 4.12. The first-order chi connectivity index (χ1) is 7.31. The first-order valence-electron chi connectivity index (χ1n) is 5.75. The molecule has 0 amide bonds. The van der Waals surface area contributed by atoms with Gasteiger partial charge >= 0.3 is 0 Å². The number of nitrogens with one attached hydrogen (secondary N) is 1. The average molecular weight is 203 g/mol. The van der Waals surface area contributed by atoms with Crippen molar-refractivity contribution in [3.63, 3.8) is 0 Å². The number of fused-ring (bicyclic) bond motifs is 1. The van der Waals surface area contributed by atoms with Crippen molar-refractivity contribution in [3.05, 3.63) is 35.9 Å². The summed E-state index contributed by atoms with van der Waals surface area (Å²) in [5.41, 5.74) is 1.61. The van der Waals surface area contributed by atoms with Crippen LogP contribution in [0, 0.1) is 5.92 Å². The molecule has 15 heavy (non-hydrogen) atoms. The van der Waals surface area contributed by atoms with Crippen molar-refractivity contribution in [2.75, 3.05) is 13.1 Å². The minimum absolute atomic E-state index is 0.0997. The molecule has 2 nitrogen and oxygen atoms in total. The topological polar surface area (TPSA) is 32.3 Å². The second kappa shape index (κ2) is 3.32. The molecular weight excluding hydrogens is 186 g/mol. The fourth-order valence-corrected chi connectivity index (χ4v) is 3.41. The lowest BCUT2D eigenvalue weighted by Crippen LogP contribution is -2.31. The van der Waals surface area contributed by atoms with Crippen LogP contribution in [0.2, 0.25) is 0 Å². The molecule has 3 rings (SSSR count). The lowest BCUT2D eigenvalue weighted by Gasteiger charge is -2.28. The molecule has 2 heteroatoms. The maximum atomic E-state index is 9.83. The van der Waals surface area contributed by atoms with Crippen LogP contribution in [0.4, 0.5) is 0 Å². The maximum absolute atomic E-state index is 9.83. The predicted octanol–water partition coefficient (Wildman–Crippen LogP) is 1.30. The van der Waals surface area contributed by atoms with Crippen LogP contribution < -0.4 is 5.32 Å². The molecule has 0 unspecified atom stereocenters. The number of benzene rings is 1. The Morgan fingerprint density at radius 3 is 2.87 bits per heavy atom. The summed E-state index contributed by atoms with van der Waals surface area (Å²) < 4.78 is 0. The molecule has 1 aliphatic carbocycles. The Labute approximate surface area is 90.3 Å². The van der Waals surface area contributed by atoms with Crippen LogP contribution in [0.3, 0.4) is 0 Å². The molecule has 0 bridgehead atoms.